The number of hydrogen-bond donors (Lipinski definition) is 2. The van der Waals surface area contributed by atoms with Gasteiger partial charge in [-0.05, 0) is 43.2 Å². The summed E-state index contributed by atoms with van der Waals surface area (Å²) >= 11 is 0. The zero-order valence-corrected chi connectivity index (χ0v) is 17.2. The van der Waals surface area contributed by atoms with Crippen LogP contribution in [0.25, 0.3) is 0 Å². The summed E-state index contributed by atoms with van der Waals surface area (Å²) in [6.07, 6.45) is 2.85. The minimum absolute atomic E-state index is 0. The zero-order chi connectivity index (χ0) is 17.0. The smallest absolute Gasteiger partial charge is 0.191 e. The summed E-state index contributed by atoms with van der Waals surface area (Å²) in [6.45, 7) is 7.10. The van der Waals surface area contributed by atoms with Gasteiger partial charge < -0.3 is 15.4 Å². The van der Waals surface area contributed by atoms with E-state index in [1.165, 1.54) is 0 Å². The highest BCUT2D eigenvalue weighted by molar-refractivity contribution is 14.0. The maximum absolute atomic E-state index is 5.74. The lowest BCUT2D eigenvalue weighted by Gasteiger charge is -2.10. The molecule has 0 spiro atoms. The van der Waals surface area contributed by atoms with Gasteiger partial charge in [0, 0.05) is 19.3 Å². The standard InChI is InChI=1S/C19H26N4O.HI/c1-3-12-22-19(20-4-2)23-14-16-8-10-18(11-9-16)24-15-17-7-5-6-13-21-17;/h5-11,13H,3-4,12,14-15H2,1-2H3,(H2,20,22,23);1H. The Bertz CT molecular complexity index is 617. The van der Waals surface area contributed by atoms with Crippen molar-refractivity contribution in [2.45, 2.75) is 33.4 Å². The van der Waals surface area contributed by atoms with Crippen LogP contribution < -0.4 is 15.4 Å². The number of guanidine groups is 1. The topological polar surface area (TPSA) is 58.5 Å². The second-order valence-electron chi connectivity index (χ2n) is 5.38. The number of nitrogens with zero attached hydrogens (tertiary/aromatic N) is 2. The van der Waals surface area contributed by atoms with Gasteiger partial charge in [0.2, 0.25) is 0 Å². The van der Waals surface area contributed by atoms with E-state index in [2.05, 4.69) is 34.5 Å². The molecule has 5 nitrogen and oxygen atoms in total. The van der Waals surface area contributed by atoms with E-state index in [-0.39, 0.29) is 24.0 Å². The van der Waals surface area contributed by atoms with Crippen LogP contribution in [0.15, 0.2) is 53.7 Å². The monoisotopic (exact) mass is 454 g/mol. The molecule has 6 heteroatoms. The number of rotatable bonds is 8. The van der Waals surface area contributed by atoms with Crippen LogP contribution in [-0.4, -0.2) is 24.0 Å². The molecule has 0 radical (unpaired) electrons. The lowest BCUT2D eigenvalue weighted by atomic mass is 10.2. The molecule has 1 aromatic carbocycles. The summed E-state index contributed by atoms with van der Waals surface area (Å²) in [6, 6.07) is 13.8. The maximum Gasteiger partial charge on any atom is 0.191 e. The number of nitrogens with one attached hydrogen (secondary N) is 2. The van der Waals surface area contributed by atoms with Gasteiger partial charge in [0.05, 0.1) is 12.2 Å². The minimum Gasteiger partial charge on any atom is -0.487 e. The number of ether oxygens (including phenoxy) is 1. The molecule has 2 aromatic rings. The van der Waals surface area contributed by atoms with E-state index < -0.39 is 0 Å². The van der Waals surface area contributed by atoms with Crippen molar-refractivity contribution >= 4 is 29.9 Å². The Kier molecular flexibility index (Phi) is 10.6. The van der Waals surface area contributed by atoms with Crippen molar-refractivity contribution in [3.8, 4) is 5.75 Å². The van der Waals surface area contributed by atoms with E-state index in [9.17, 15) is 0 Å². The number of halogens is 1. The van der Waals surface area contributed by atoms with Crippen molar-refractivity contribution in [2.75, 3.05) is 13.1 Å². The van der Waals surface area contributed by atoms with Gasteiger partial charge in [0.1, 0.15) is 12.4 Å². The van der Waals surface area contributed by atoms with E-state index in [4.69, 9.17) is 4.74 Å². The van der Waals surface area contributed by atoms with E-state index in [0.29, 0.717) is 13.2 Å². The van der Waals surface area contributed by atoms with E-state index in [1.54, 1.807) is 6.20 Å². The van der Waals surface area contributed by atoms with Gasteiger partial charge in [-0.1, -0.05) is 25.1 Å². The lowest BCUT2D eigenvalue weighted by molar-refractivity contribution is 0.301. The van der Waals surface area contributed by atoms with Gasteiger partial charge in [-0.25, -0.2) is 4.99 Å². The van der Waals surface area contributed by atoms with E-state index in [1.807, 2.05) is 42.5 Å². The summed E-state index contributed by atoms with van der Waals surface area (Å²) in [5.41, 5.74) is 2.07. The first-order chi connectivity index (χ1) is 11.8. The second-order valence-corrected chi connectivity index (χ2v) is 5.38. The highest BCUT2D eigenvalue weighted by atomic mass is 127. The Hall–Kier alpha value is -1.83. The van der Waals surface area contributed by atoms with Gasteiger partial charge in [-0.15, -0.1) is 24.0 Å². The van der Waals surface area contributed by atoms with Crippen LogP contribution >= 0.6 is 24.0 Å². The molecule has 0 aliphatic heterocycles. The number of pyridine rings is 1. The van der Waals surface area contributed by atoms with Crippen molar-refractivity contribution in [3.63, 3.8) is 0 Å². The first-order valence-electron chi connectivity index (χ1n) is 8.45. The molecule has 2 rings (SSSR count). The summed E-state index contributed by atoms with van der Waals surface area (Å²) in [4.78, 5) is 8.83. The first kappa shape index (κ1) is 21.2. The van der Waals surface area contributed by atoms with Gasteiger partial charge in [-0.2, -0.15) is 0 Å². The fraction of sp³-hybridized carbons (Fsp3) is 0.368. The highest BCUT2D eigenvalue weighted by Crippen LogP contribution is 2.14. The first-order valence-corrected chi connectivity index (χ1v) is 8.45. The van der Waals surface area contributed by atoms with Gasteiger partial charge in [-0.3, -0.25) is 4.98 Å². The van der Waals surface area contributed by atoms with E-state index >= 15 is 0 Å². The normalized spacial score (nSPS) is 10.7. The van der Waals surface area contributed by atoms with Crippen molar-refractivity contribution in [1.29, 1.82) is 0 Å². The number of benzene rings is 1. The van der Waals surface area contributed by atoms with Crippen molar-refractivity contribution < 1.29 is 4.74 Å². The van der Waals surface area contributed by atoms with Crippen LogP contribution in [-0.2, 0) is 13.2 Å². The Morgan fingerprint density at radius 2 is 1.88 bits per heavy atom. The third kappa shape index (κ3) is 8.20. The third-order valence-corrected chi connectivity index (χ3v) is 3.34. The molecule has 0 saturated carbocycles. The molecule has 0 amide bonds. The Balaban J connectivity index is 0.00000312. The van der Waals surface area contributed by atoms with Crippen LogP contribution in [0, 0.1) is 0 Å². The molecular formula is C19H27IN4O. The molecule has 0 fully saturated rings. The quantitative estimate of drug-likeness (QED) is 0.363. The average Bonchev–Trinajstić information content (AvgIpc) is 2.64. The number of aromatic nitrogens is 1. The van der Waals surface area contributed by atoms with Crippen LogP contribution in [0.1, 0.15) is 31.5 Å². The summed E-state index contributed by atoms with van der Waals surface area (Å²) < 4.78 is 5.74. The van der Waals surface area contributed by atoms with Crippen molar-refractivity contribution in [2.24, 2.45) is 4.99 Å². The Morgan fingerprint density at radius 1 is 1.08 bits per heavy atom. The molecule has 1 aromatic heterocycles. The number of aliphatic imine (C=N–C) groups is 1. The van der Waals surface area contributed by atoms with Crippen LogP contribution in [0.5, 0.6) is 5.75 Å². The molecule has 0 unspecified atom stereocenters. The minimum atomic E-state index is 0. The predicted octanol–water partition coefficient (Wildman–Crippen LogP) is 3.74. The largest absolute Gasteiger partial charge is 0.487 e. The van der Waals surface area contributed by atoms with Gasteiger partial charge in [0.15, 0.2) is 5.96 Å². The fourth-order valence-electron chi connectivity index (χ4n) is 2.09. The predicted molar refractivity (Wildman–Crippen MR) is 114 cm³/mol. The number of hydrogen-bond acceptors (Lipinski definition) is 3. The molecule has 0 atom stereocenters. The van der Waals surface area contributed by atoms with Gasteiger partial charge in [0.25, 0.3) is 0 Å². The molecule has 25 heavy (non-hydrogen) atoms. The Morgan fingerprint density at radius 3 is 2.52 bits per heavy atom. The fourth-order valence-corrected chi connectivity index (χ4v) is 2.09. The maximum atomic E-state index is 5.74. The Labute approximate surface area is 167 Å². The molecule has 2 N–H and O–H groups in total. The summed E-state index contributed by atoms with van der Waals surface area (Å²) in [5, 5.41) is 6.54. The third-order valence-electron chi connectivity index (χ3n) is 3.34. The molecule has 0 bridgehead atoms. The van der Waals surface area contributed by atoms with Crippen LogP contribution in [0.3, 0.4) is 0 Å². The van der Waals surface area contributed by atoms with Crippen LogP contribution in [0.4, 0.5) is 0 Å². The molecule has 1 heterocycles. The molecule has 0 saturated heterocycles. The molecule has 0 aliphatic rings. The van der Waals surface area contributed by atoms with Crippen molar-refractivity contribution in [1.82, 2.24) is 15.6 Å². The lowest BCUT2D eigenvalue weighted by Crippen LogP contribution is -2.37. The highest BCUT2D eigenvalue weighted by Gasteiger charge is 1.99. The zero-order valence-electron chi connectivity index (χ0n) is 14.9. The summed E-state index contributed by atoms with van der Waals surface area (Å²) in [7, 11) is 0. The average molecular weight is 454 g/mol. The molecule has 136 valence electrons. The molecule has 0 aliphatic carbocycles. The molecular weight excluding hydrogens is 427 g/mol. The van der Waals surface area contributed by atoms with E-state index in [0.717, 1.165) is 42.5 Å². The second kappa shape index (κ2) is 12.5. The SMILES string of the molecule is CCCNC(=NCc1ccc(OCc2ccccn2)cc1)NCC.I. The van der Waals surface area contributed by atoms with Gasteiger partial charge >= 0.3 is 0 Å². The summed E-state index contributed by atoms with van der Waals surface area (Å²) in [5.74, 6) is 1.69. The van der Waals surface area contributed by atoms with Crippen molar-refractivity contribution in [3.05, 3.63) is 59.9 Å². The van der Waals surface area contributed by atoms with Crippen LogP contribution in [0.2, 0.25) is 0 Å².